The average molecular weight is 261 g/mol. The fraction of sp³-hybridized carbons (Fsp3) is 0.533. The molecule has 2 rings (SSSR count). The van der Waals surface area contributed by atoms with Crippen LogP contribution in [0.1, 0.15) is 25.8 Å². The Morgan fingerprint density at radius 1 is 1.47 bits per heavy atom. The first kappa shape index (κ1) is 13.7. The van der Waals surface area contributed by atoms with Crippen molar-refractivity contribution >= 4 is 17.3 Å². The average Bonchev–Trinajstić information content (AvgIpc) is 2.36. The standard InChI is InChI=1S/C15H23N3O/c1-11(2)17-14(19)10-18(3)13-8-4-6-12-7-5-9-16-15(12)13/h4,6,8,11,16H,5,7,9-10H2,1-3H3,(H,17,19). The number of aryl methyl sites for hydroxylation is 1. The molecule has 0 spiro atoms. The number of amides is 1. The van der Waals surface area contributed by atoms with Gasteiger partial charge in [-0.05, 0) is 38.3 Å². The number of nitrogens with zero attached hydrogens (tertiary/aromatic N) is 1. The van der Waals surface area contributed by atoms with Crippen molar-refractivity contribution in [3.8, 4) is 0 Å². The summed E-state index contributed by atoms with van der Waals surface area (Å²) in [6, 6.07) is 6.48. The summed E-state index contributed by atoms with van der Waals surface area (Å²) in [7, 11) is 1.96. The van der Waals surface area contributed by atoms with Gasteiger partial charge in [0, 0.05) is 19.6 Å². The molecule has 1 aliphatic rings. The van der Waals surface area contributed by atoms with Gasteiger partial charge in [-0.25, -0.2) is 0 Å². The van der Waals surface area contributed by atoms with E-state index in [0.717, 1.165) is 18.7 Å². The highest BCUT2D eigenvalue weighted by atomic mass is 16.2. The van der Waals surface area contributed by atoms with Gasteiger partial charge < -0.3 is 15.5 Å². The fourth-order valence-corrected chi connectivity index (χ4v) is 2.48. The summed E-state index contributed by atoms with van der Waals surface area (Å²) in [5, 5.41) is 6.38. The van der Waals surface area contributed by atoms with Crippen LogP contribution in [0.3, 0.4) is 0 Å². The molecule has 104 valence electrons. The SMILES string of the molecule is CC(C)NC(=O)CN(C)c1cccc2c1NCCC2. The first-order valence-corrected chi connectivity index (χ1v) is 6.94. The van der Waals surface area contributed by atoms with E-state index >= 15 is 0 Å². The van der Waals surface area contributed by atoms with Gasteiger partial charge in [0.2, 0.25) is 5.91 Å². The molecule has 0 unspecified atom stereocenters. The van der Waals surface area contributed by atoms with E-state index in [4.69, 9.17) is 0 Å². The van der Waals surface area contributed by atoms with E-state index in [0.29, 0.717) is 6.54 Å². The van der Waals surface area contributed by atoms with Gasteiger partial charge in [-0.1, -0.05) is 12.1 Å². The molecule has 0 saturated heterocycles. The molecule has 4 heteroatoms. The van der Waals surface area contributed by atoms with Crippen LogP contribution < -0.4 is 15.5 Å². The van der Waals surface area contributed by atoms with E-state index in [1.165, 1.54) is 17.7 Å². The van der Waals surface area contributed by atoms with Crippen LogP contribution in [0.4, 0.5) is 11.4 Å². The van der Waals surface area contributed by atoms with Crippen molar-refractivity contribution in [3.63, 3.8) is 0 Å². The van der Waals surface area contributed by atoms with Gasteiger partial charge in [0.05, 0.1) is 17.9 Å². The minimum atomic E-state index is 0.0610. The van der Waals surface area contributed by atoms with Gasteiger partial charge in [-0.3, -0.25) is 4.79 Å². The third kappa shape index (κ3) is 3.40. The number of hydrogen-bond acceptors (Lipinski definition) is 3. The zero-order valence-electron chi connectivity index (χ0n) is 12.0. The third-order valence-electron chi connectivity index (χ3n) is 3.30. The van der Waals surface area contributed by atoms with Crippen molar-refractivity contribution in [3.05, 3.63) is 23.8 Å². The van der Waals surface area contributed by atoms with Gasteiger partial charge in [0.1, 0.15) is 0 Å². The van der Waals surface area contributed by atoms with Gasteiger partial charge in [-0.2, -0.15) is 0 Å². The van der Waals surface area contributed by atoms with Crippen LogP contribution in [0.5, 0.6) is 0 Å². The second-order valence-corrected chi connectivity index (χ2v) is 5.42. The molecule has 0 aliphatic carbocycles. The van der Waals surface area contributed by atoms with Gasteiger partial charge in [-0.15, -0.1) is 0 Å². The highest BCUT2D eigenvalue weighted by Gasteiger charge is 2.16. The minimum absolute atomic E-state index is 0.0610. The Hall–Kier alpha value is -1.71. The van der Waals surface area contributed by atoms with Crippen LogP contribution in [-0.2, 0) is 11.2 Å². The molecule has 1 aromatic carbocycles. The molecule has 1 amide bonds. The minimum Gasteiger partial charge on any atom is -0.383 e. The smallest absolute Gasteiger partial charge is 0.239 e. The molecule has 0 radical (unpaired) electrons. The summed E-state index contributed by atoms with van der Waals surface area (Å²) in [6.45, 7) is 5.35. The molecule has 0 atom stereocenters. The Bertz CT molecular complexity index is 457. The topological polar surface area (TPSA) is 44.4 Å². The number of fused-ring (bicyclic) bond motifs is 1. The number of benzene rings is 1. The van der Waals surface area contributed by atoms with Crippen molar-refractivity contribution in [2.24, 2.45) is 0 Å². The molecule has 0 aromatic heterocycles. The second-order valence-electron chi connectivity index (χ2n) is 5.42. The number of anilines is 2. The number of hydrogen-bond donors (Lipinski definition) is 2. The van der Waals surface area contributed by atoms with Crippen molar-refractivity contribution in [1.82, 2.24) is 5.32 Å². The van der Waals surface area contributed by atoms with Crippen molar-refractivity contribution < 1.29 is 4.79 Å². The fourth-order valence-electron chi connectivity index (χ4n) is 2.48. The Balaban J connectivity index is 2.11. The normalized spacial score (nSPS) is 13.7. The Morgan fingerprint density at radius 2 is 2.26 bits per heavy atom. The number of likely N-dealkylation sites (N-methyl/N-ethyl adjacent to an activating group) is 1. The van der Waals surface area contributed by atoms with E-state index in [2.05, 4.69) is 28.8 Å². The van der Waals surface area contributed by atoms with Gasteiger partial charge in [0.25, 0.3) is 0 Å². The third-order valence-corrected chi connectivity index (χ3v) is 3.30. The van der Waals surface area contributed by atoms with Crippen molar-refractivity contribution in [1.29, 1.82) is 0 Å². The van der Waals surface area contributed by atoms with Crippen LogP contribution in [0.2, 0.25) is 0 Å². The molecule has 1 aliphatic heterocycles. The largest absolute Gasteiger partial charge is 0.383 e. The van der Waals surface area contributed by atoms with Crippen LogP contribution in [0, 0.1) is 0 Å². The molecule has 2 N–H and O–H groups in total. The number of rotatable bonds is 4. The molecule has 1 aromatic rings. The van der Waals surface area contributed by atoms with E-state index in [1.807, 2.05) is 25.8 Å². The highest BCUT2D eigenvalue weighted by molar-refractivity contribution is 5.84. The molecule has 0 fully saturated rings. The highest BCUT2D eigenvalue weighted by Crippen LogP contribution is 2.32. The van der Waals surface area contributed by atoms with Crippen LogP contribution in [0.25, 0.3) is 0 Å². The summed E-state index contributed by atoms with van der Waals surface area (Å²) < 4.78 is 0. The predicted molar refractivity (Wildman–Crippen MR) is 79.8 cm³/mol. The first-order chi connectivity index (χ1) is 9.08. The lowest BCUT2D eigenvalue weighted by Crippen LogP contribution is -2.38. The summed E-state index contributed by atoms with van der Waals surface area (Å²) >= 11 is 0. The van der Waals surface area contributed by atoms with Crippen LogP contribution in [0.15, 0.2) is 18.2 Å². The lowest BCUT2D eigenvalue weighted by molar-refractivity contribution is -0.120. The molecular formula is C15H23N3O. The zero-order chi connectivity index (χ0) is 13.8. The molecule has 0 bridgehead atoms. The summed E-state index contributed by atoms with van der Waals surface area (Å²) in [5.41, 5.74) is 3.64. The Kier molecular flexibility index (Phi) is 4.30. The van der Waals surface area contributed by atoms with Gasteiger partial charge >= 0.3 is 0 Å². The maximum atomic E-state index is 11.8. The summed E-state index contributed by atoms with van der Waals surface area (Å²) in [4.78, 5) is 13.8. The van der Waals surface area contributed by atoms with E-state index in [9.17, 15) is 4.79 Å². The molecule has 19 heavy (non-hydrogen) atoms. The quantitative estimate of drug-likeness (QED) is 0.871. The number of nitrogens with one attached hydrogen (secondary N) is 2. The predicted octanol–water partition coefficient (Wildman–Crippen LogP) is 2.01. The maximum Gasteiger partial charge on any atom is 0.239 e. The number of carbonyl (C=O) groups excluding carboxylic acids is 1. The molecule has 1 heterocycles. The maximum absolute atomic E-state index is 11.8. The molecule has 4 nitrogen and oxygen atoms in total. The number of para-hydroxylation sites is 1. The lowest BCUT2D eigenvalue weighted by atomic mass is 10.0. The monoisotopic (exact) mass is 261 g/mol. The van der Waals surface area contributed by atoms with E-state index in [-0.39, 0.29) is 11.9 Å². The number of carbonyl (C=O) groups is 1. The van der Waals surface area contributed by atoms with Gasteiger partial charge in [0.15, 0.2) is 0 Å². The summed E-state index contributed by atoms with van der Waals surface area (Å²) in [6.07, 6.45) is 2.29. The van der Waals surface area contributed by atoms with Crippen molar-refractivity contribution in [2.45, 2.75) is 32.7 Å². The van der Waals surface area contributed by atoms with Crippen LogP contribution >= 0.6 is 0 Å². The molecular weight excluding hydrogens is 238 g/mol. The first-order valence-electron chi connectivity index (χ1n) is 6.94. The van der Waals surface area contributed by atoms with Crippen molar-refractivity contribution in [2.75, 3.05) is 30.4 Å². The second kappa shape index (κ2) is 5.95. The van der Waals surface area contributed by atoms with E-state index in [1.54, 1.807) is 0 Å². The van der Waals surface area contributed by atoms with E-state index < -0.39 is 0 Å². The lowest BCUT2D eigenvalue weighted by Gasteiger charge is -2.27. The Labute approximate surface area is 115 Å². The van der Waals surface area contributed by atoms with Crippen LogP contribution in [-0.4, -0.2) is 32.1 Å². The summed E-state index contributed by atoms with van der Waals surface area (Å²) in [5.74, 6) is 0.0610. The zero-order valence-corrected chi connectivity index (χ0v) is 12.0. The Morgan fingerprint density at radius 3 is 3.00 bits per heavy atom. The molecule has 0 saturated carbocycles.